The lowest BCUT2D eigenvalue weighted by Gasteiger charge is -2.08. The molecule has 0 aliphatic carbocycles. The van der Waals surface area contributed by atoms with Crippen molar-refractivity contribution in [3.63, 3.8) is 0 Å². The number of hydrogen-bond acceptors (Lipinski definition) is 3. The summed E-state index contributed by atoms with van der Waals surface area (Å²) in [6.45, 7) is 1.66. The van der Waals surface area contributed by atoms with Crippen LogP contribution in [0.3, 0.4) is 0 Å². The lowest BCUT2D eigenvalue weighted by molar-refractivity contribution is -0.122. The largest absolute Gasteiger partial charge is 0.469 e. The molecule has 1 fully saturated rings. The Hall–Kier alpha value is -1.06. The fourth-order valence-corrected chi connectivity index (χ4v) is 0.589. The van der Waals surface area contributed by atoms with Gasteiger partial charge in [0.25, 0.3) is 0 Å². The Labute approximate surface area is 52.2 Å². The van der Waals surface area contributed by atoms with Gasteiger partial charge in [-0.1, -0.05) is 0 Å². The molecule has 2 amide bonds. The van der Waals surface area contributed by atoms with Crippen LogP contribution in [0.4, 0.5) is 4.79 Å². The Morgan fingerprint density at radius 3 is 2.56 bits per heavy atom. The van der Waals surface area contributed by atoms with Crippen molar-refractivity contribution in [1.29, 1.82) is 0 Å². The molecule has 0 aromatic heterocycles. The average Bonchev–Trinajstić information content (AvgIpc) is 2.10. The van der Waals surface area contributed by atoms with E-state index in [0.29, 0.717) is 0 Å². The zero-order valence-corrected chi connectivity index (χ0v) is 4.88. The summed E-state index contributed by atoms with van der Waals surface area (Å²) in [5.41, 5.74) is 0. The zero-order chi connectivity index (χ0) is 6.85. The molecule has 0 saturated carbocycles. The van der Waals surface area contributed by atoms with E-state index >= 15 is 0 Å². The van der Waals surface area contributed by atoms with Gasteiger partial charge in [0.15, 0.2) is 0 Å². The number of amides is 2. The first kappa shape index (κ1) is 6.07. The predicted molar refractivity (Wildman–Crippen MR) is 28.4 cm³/mol. The third-order valence-corrected chi connectivity index (χ3v) is 1.02. The Bertz CT molecular complexity index is 154. The summed E-state index contributed by atoms with van der Waals surface area (Å²) < 4.78 is 4.47. The lowest BCUT2D eigenvalue weighted by atomic mass is 10.3. The van der Waals surface area contributed by atoms with E-state index in [0.717, 1.165) is 0 Å². The highest BCUT2D eigenvalue weighted by Crippen LogP contribution is 2.03. The van der Waals surface area contributed by atoms with Crippen LogP contribution < -0.4 is 5.32 Å². The molecule has 1 atom stereocenters. The molecule has 1 saturated heterocycles. The van der Waals surface area contributed by atoms with Crippen molar-refractivity contribution in [2.24, 2.45) is 0 Å². The Morgan fingerprint density at radius 2 is 2.33 bits per heavy atom. The maximum atomic E-state index is 10.5. The molecule has 1 rings (SSSR count). The highest BCUT2D eigenvalue weighted by Gasteiger charge is 2.23. The molecule has 4 heteroatoms. The van der Waals surface area contributed by atoms with E-state index in [1.165, 1.54) is 6.42 Å². The molecule has 1 aliphatic rings. The molecular weight excluding hydrogens is 122 g/mol. The number of hydrogen-bond donors (Lipinski definition) is 1. The summed E-state index contributed by atoms with van der Waals surface area (Å²) in [6, 6.07) is 0. The summed E-state index contributed by atoms with van der Waals surface area (Å²) in [5, 5.41) is 1.99. The number of nitrogens with one attached hydrogen (secondary N) is 1. The minimum atomic E-state index is -0.683. The summed E-state index contributed by atoms with van der Waals surface area (Å²) in [5.74, 6) is -0.387. The van der Waals surface area contributed by atoms with E-state index in [2.05, 4.69) is 4.74 Å². The molecule has 1 heterocycles. The number of cyclic esters (lactones) is 1. The van der Waals surface area contributed by atoms with Crippen molar-refractivity contribution in [2.45, 2.75) is 13.0 Å². The fourth-order valence-electron chi connectivity index (χ4n) is 0.589. The summed E-state index contributed by atoms with van der Waals surface area (Å²) in [7, 11) is 0. The average molecular weight is 128 g/mol. The second-order valence-electron chi connectivity index (χ2n) is 1.65. The Kier molecular flexibility index (Phi) is 1.38. The highest BCUT2D eigenvalue weighted by molar-refractivity contribution is 6.00. The molecule has 1 unspecified atom stereocenters. The zero-order valence-electron chi connectivity index (χ0n) is 4.88. The van der Waals surface area contributed by atoms with Gasteiger partial charge in [0.05, 0.1) is 6.10 Å². The molecule has 1 N–H and O–H groups in total. The third-order valence-electron chi connectivity index (χ3n) is 1.02. The van der Waals surface area contributed by atoms with Gasteiger partial charge in [0.2, 0.25) is 5.91 Å². The molecular formula is C5H6NO3-. The molecule has 1 aliphatic heterocycles. The van der Waals surface area contributed by atoms with E-state index in [9.17, 15) is 9.59 Å². The van der Waals surface area contributed by atoms with E-state index < -0.39 is 12.2 Å². The first-order valence-corrected chi connectivity index (χ1v) is 2.55. The lowest BCUT2D eigenvalue weighted by Crippen LogP contribution is -2.23. The molecule has 4 nitrogen and oxygen atoms in total. The van der Waals surface area contributed by atoms with Crippen molar-refractivity contribution in [3.05, 3.63) is 6.42 Å². The molecule has 0 radical (unpaired) electrons. The quantitative estimate of drug-likeness (QED) is 0.499. The Balaban J connectivity index is 2.58. The van der Waals surface area contributed by atoms with E-state index in [1.807, 2.05) is 5.32 Å². The van der Waals surface area contributed by atoms with Crippen molar-refractivity contribution in [1.82, 2.24) is 5.32 Å². The van der Waals surface area contributed by atoms with E-state index in [-0.39, 0.29) is 5.91 Å². The van der Waals surface area contributed by atoms with Crippen LogP contribution >= 0.6 is 0 Å². The molecule has 9 heavy (non-hydrogen) atoms. The maximum absolute atomic E-state index is 10.5. The molecule has 50 valence electrons. The molecule has 0 bridgehead atoms. The van der Waals surface area contributed by atoms with Gasteiger partial charge in [-0.25, -0.2) is 4.79 Å². The van der Waals surface area contributed by atoms with Gasteiger partial charge in [-0.05, 0) is 0 Å². The van der Waals surface area contributed by atoms with Crippen LogP contribution in [0.25, 0.3) is 0 Å². The van der Waals surface area contributed by atoms with Crippen LogP contribution in [-0.4, -0.2) is 18.1 Å². The standard InChI is InChI=1S/C5H6NO3/c1-2-3-4(7)6-5(8)9-3/h2-3H,1H3,(H,6,7,8)/q-1. The summed E-state index contributed by atoms with van der Waals surface area (Å²) in [6.07, 6.45) is 0.167. The van der Waals surface area contributed by atoms with Crippen LogP contribution in [-0.2, 0) is 9.53 Å². The van der Waals surface area contributed by atoms with Crippen LogP contribution in [0.15, 0.2) is 0 Å². The second kappa shape index (κ2) is 2.05. The number of carbonyl (C=O) groups is 2. The fraction of sp³-hybridized carbons (Fsp3) is 0.400. The van der Waals surface area contributed by atoms with E-state index in [1.54, 1.807) is 6.92 Å². The topological polar surface area (TPSA) is 55.4 Å². The van der Waals surface area contributed by atoms with Crippen molar-refractivity contribution < 1.29 is 14.3 Å². The smallest absolute Gasteiger partial charge is 0.411 e. The molecule has 0 aromatic carbocycles. The molecule has 0 spiro atoms. The van der Waals surface area contributed by atoms with Gasteiger partial charge >= 0.3 is 6.09 Å². The van der Waals surface area contributed by atoms with Crippen molar-refractivity contribution in [3.8, 4) is 0 Å². The van der Waals surface area contributed by atoms with Gasteiger partial charge in [-0.2, -0.15) is 6.92 Å². The van der Waals surface area contributed by atoms with Gasteiger partial charge in [-0.15, -0.1) is 0 Å². The first-order valence-electron chi connectivity index (χ1n) is 2.55. The number of imide groups is 1. The SMILES string of the molecule is C[CH-]C1OC(=O)NC1=O. The van der Waals surface area contributed by atoms with E-state index in [4.69, 9.17) is 0 Å². The third kappa shape index (κ3) is 1.01. The first-order chi connectivity index (χ1) is 4.24. The Morgan fingerprint density at radius 1 is 1.67 bits per heavy atom. The van der Waals surface area contributed by atoms with Gasteiger partial charge in [0.1, 0.15) is 0 Å². The van der Waals surface area contributed by atoms with Crippen LogP contribution in [0.2, 0.25) is 0 Å². The minimum Gasteiger partial charge on any atom is -0.469 e. The van der Waals surface area contributed by atoms with Crippen LogP contribution in [0, 0.1) is 6.42 Å². The summed E-state index contributed by atoms with van der Waals surface area (Å²) in [4.78, 5) is 20.8. The number of carbonyl (C=O) groups excluding carboxylic acids is 2. The van der Waals surface area contributed by atoms with Crippen LogP contribution in [0.1, 0.15) is 6.92 Å². The van der Waals surface area contributed by atoms with Crippen LogP contribution in [0.5, 0.6) is 0 Å². The monoisotopic (exact) mass is 128 g/mol. The minimum absolute atomic E-state index is 0.387. The van der Waals surface area contributed by atoms with Crippen molar-refractivity contribution in [2.75, 3.05) is 0 Å². The summed E-state index contributed by atoms with van der Waals surface area (Å²) >= 11 is 0. The normalized spacial score (nSPS) is 25.7. The van der Waals surface area contributed by atoms with Crippen molar-refractivity contribution >= 4 is 12.0 Å². The molecule has 0 aromatic rings. The number of alkyl carbamates (subject to hydrolysis) is 1. The van der Waals surface area contributed by atoms with Gasteiger partial charge < -0.3 is 4.74 Å². The van der Waals surface area contributed by atoms with Gasteiger partial charge in [-0.3, -0.25) is 16.5 Å². The predicted octanol–water partition coefficient (Wildman–Crippen LogP) is -0.154. The maximum Gasteiger partial charge on any atom is 0.411 e. The van der Waals surface area contributed by atoms with Gasteiger partial charge in [0, 0.05) is 0 Å². The highest BCUT2D eigenvalue weighted by atomic mass is 16.6. The second-order valence-corrected chi connectivity index (χ2v) is 1.65. The number of ether oxygens (including phenoxy) is 1. The number of rotatable bonds is 1.